The highest BCUT2D eigenvalue weighted by Gasteiger charge is 2.19. The monoisotopic (exact) mass is 338 g/mol. The van der Waals surface area contributed by atoms with Crippen molar-refractivity contribution in [1.29, 1.82) is 0 Å². The summed E-state index contributed by atoms with van der Waals surface area (Å²) in [6.07, 6.45) is 2.10. The van der Waals surface area contributed by atoms with Crippen molar-refractivity contribution in [3.63, 3.8) is 0 Å². The third-order valence-corrected chi connectivity index (χ3v) is 4.54. The van der Waals surface area contributed by atoms with Crippen LogP contribution in [0.15, 0.2) is 48.5 Å². The van der Waals surface area contributed by atoms with E-state index in [0.29, 0.717) is 6.54 Å². The van der Waals surface area contributed by atoms with Gasteiger partial charge in [-0.1, -0.05) is 43.7 Å². The van der Waals surface area contributed by atoms with E-state index in [4.69, 9.17) is 0 Å². The number of hydrogen-bond acceptors (Lipinski definition) is 1. The number of unbranched alkanes of at least 4 members (excludes halogenated alkanes) is 1. The van der Waals surface area contributed by atoms with Gasteiger partial charge in [0.25, 0.3) is 5.91 Å². The molecule has 2 aromatic carbocycles. The molecule has 0 spiro atoms. The lowest BCUT2D eigenvalue weighted by Gasteiger charge is -2.11. The first-order chi connectivity index (χ1) is 12.1. The summed E-state index contributed by atoms with van der Waals surface area (Å²) in [6.45, 7) is 5.35. The third kappa shape index (κ3) is 3.58. The average Bonchev–Trinajstić information content (AvgIpc) is 2.91. The summed E-state index contributed by atoms with van der Waals surface area (Å²) in [5.74, 6) is -0.361. The van der Waals surface area contributed by atoms with Gasteiger partial charge in [-0.3, -0.25) is 4.79 Å². The molecule has 0 aliphatic carbocycles. The van der Waals surface area contributed by atoms with Gasteiger partial charge in [-0.15, -0.1) is 0 Å². The van der Waals surface area contributed by atoms with Crippen molar-refractivity contribution in [1.82, 2.24) is 9.88 Å². The van der Waals surface area contributed by atoms with E-state index in [1.807, 2.05) is 19.1 Å². The summed E-state index contributed by atoms with van der Waals surface area (Å²) in [7, 11) is 0. The number of halogens is 1. The Morgan fingerprint density at radius 1 is 1.12 bits per heavy atom. The van der Waals surface area contributed by atoms with Gasteiger partial charge >= 0.3 is 0 Å². The lowest BCUT2D eigenvalue weighted by atomic mass is 10.1. The SMILES string of the molecule is CCCCn1c(C(=O)NCc2ccc(F)cc2)c(C)c2ccccc21. The van der Waals surface area contributed by atoms with Gasteiger partial charge in [0.15, 0.2) is 0 Å². The van der Waals surface area contributed by atoms with Crippen molar-refractivity contribution in [2.75, 3.05) is 0 Å². The molecular weight excluding hydrogens is 315 g/mol. The van der Waals surface area contributed by atoms with E-state index >= 15 is 0 Å². The molecule has 0 aliphatic rings. The van der Waals surface area contributed by atoms with E-state index in [9.17, 15) is 9.18 Å². The lowest BCUT2D eigenvalue weighted by Crippen LogP contribution is -2.26. The molecule has 130 valence electrons. The van der Waals surface area contributed by atoms with Gasteiger partial charge in [0.05, 0.1) is 0 Å². The molecule has 3 rings (SSSR count). The minimum absolute atomic E-state index is 0.0888. The Kier molecular flexibility index (Phi) is 5.17. The number of amides is 1. The lowest BCUT2D eigenvalue weighted by molar-refractivity contribution is 0.0941. The predicted molar refractivity (Wildman–Crippen MR) is 99.2 cm³/mol. The number of carbonyl (C=O) groups is 1. The predicted octanol–water partition coefficient (Wildman–Crippen LogP) is 4.82. The Morgan fingerprint density at radius 2 is 1.84 bits per heavy atom. The minimum Gasteiger partial charge on any atom is -0.347 e. The number of rotatable bonds is 6. The molecule has 0 saturated heterocycles. The van der Waals surface area contributed by atoms with Crippen LogP contribution in [0.5, 0.6) is 0 Å². The molecule has 25 heavy (non-hydrogen) atoms. The molecule has 1 heterocycles. The summed E-state index contributed by atoms with van der Waals surface area (Å²) < 4.78 is 15.1. The maximum Gasteiger partial charge on any atom is 0.268 e. The second kappa shape index (κ2) is 7.51. The highest BCUT2D eigenvalue weighted by Crippen LogP contribution is 2.26. The Morgan fingerprint density at radius 3 is 2.56 bits per heavy atom. The molecule has 0 fully saturated rings. The van der Waals surface area contributed by atoms with Crippen LogP contribution in [0.25, 0.3) is 10.9 Å². The Labute approximate surface area is 147 Å². The van der Waals surface area contributed by atoms with Gasteiger partial charge in [0.1, 0.15) is 11.5 Å². The number of nitrogens with zero attached hydrogens (tertiary/aromatic N) is 1. The number of aromatic nitrogens is 1. The van der Waals surface area contributed by atoms with Crippen LogP contribution in [0, 0.1) is 12.7 Å². The zero-order chi connectivity index (χ0) is 17.8. The van der Waals surface area contributed by atoms with Crippen LogP contribution < -0.4 is 5.32 Å². The van der Waals surface area contributed by atoms with Gasteiger partial charge in [0.2, 0.25) is 0 Å². The molecule has 1 N–H and O–H groups in total. The number of benzene rings is 2. The Hall–Kier alpha value is -2.62. The van der Waals surface area contributed by atoms with E-state index in [1.54, 1.807) is 12.1 Å². The van der Waals surface area contributed by atoms with Crippen LogP contribution in [0.3, 0.4) is 0 Å². The average molecular weight is 338 g/mol. The second-order valence-electron chi connectivity index (χ2n) is 6.31. The molecule has 0 unspecified atom stereocenters. The van der Waals surface area contributed by atoms with Gasteiger partial charge < -0.3 is 9.88 Å². The largest absolute Gasteiger partial charge is 0.347 e. The van der Waals surface area contributed by atoms with Crippen molar-refractivity contribution in [3.8, 4) is 0 Å². The topological polar surface area (TPSA) is 34.0 Å². The summed E-state index contributed by atoms with van der Waals surface area (Å²) >= 11 is 0. The quantitative estimate of drug-likeness (QED) is 0.687. The first-order valence-corrected chi connectivity index (χ1v) is 8.72. The van der Waals surface area contributed by atoms with E-state index in [-0.39, 0.29) is 11.7 Å². The second-order valence-corrected chi connectivity index (χ2v) is 6.31. The van der Waals surface area contributed by atoms with Gasteiger partial charge in [0, 0.05) is 24.0 Å². The molecule has 1 aromatic heterocycles. The Balaban J connectivity index is 1.89. The molecule has 0 bridgehead atoms. The van der Waals surface area contributed by atoms with E-state index in [2.05, 4.69) is 28.9 Å². The summed E-state index contributed by atoms with van der Waals surface area (Å²) in [6, 6.07) is 14.3. The normalized spacial score (nSPS) is 11.0. The first kappa shape index (κ1) is 17.2. The van der Waals surface area contributed by atoms with E-state index in [0.717, 1.165) is 47.1 Å². The first-order valence-electron chi connectivity index (χ1n) is 8.72. The van der Waals surface area contributed by atoms with E-state index < -0.39 is 0 Å². The molecule has 4 heteroatoms. The highest BCUT2D eigenvalue weighted by molar-refractivity contribution is 6.01. The molecule has 3 nitrogen and oxygen atoms in total. The van der Waals surface area contributed by atoms with Crippen molar-refractivity contribution >= 4 is 16.8 Å². The maximum atomic E-state index is 13.0. The molecule has 0 atom stereocenters. The van der Waals surface area contributed by atoms with Crippen LogP contribution in [0.2, 0.25) is 0 Å². The number of aryl methyl sites for hydroxylation is 2. The zero-order valence-corrected chi connectivity index (χ0v) is 14.7. The minimum atomic E-state index is -0.273. The van der Waals surface area contributed by atoms with Gasteiger partial charge in [-0.2, -0.15) is 0 Å². The number of fused-ring (bicyclic) bond motifs is 1. The van der Waals surface area contributed by atoms with Crippen molar-refractivity contribution in [3.05, 3.63) is 71.2 Å². The zero-order valence-electron chi connectivity index (χ0n) is 14.7. The van der Waals surface area contributed by atoms with Crippen LogP contribution in [-0.4, -0.2) is 10.5 Å². The summed E-state index contributed by atoms with van der Waals surface area (Å²) in [5.41, 5.74) is 3.70. The number of carbonyl (C=O) groups excluding carboxylic acids is 1. The van der Waals surface area contributed by atoms with Crippen LogP contribution in [-0.2, 0) is 13.1 Å². The third-order valence-electron chi connectivity index (χ3n) is 4.54. The van der Waals surface area contributed by atoms with Crippen LogP contribution in [0.1, 0.15) is 41.4 Å². The fourth-order valence-corrected chi connectivity index (χ4v) is 3.19. The number of para-hydroxylation sites is 1. The molecular formula is C21H23FN2O. The van der Waals surface area contributed by atoms with Crippen molar-refractivity contribution in [2.45, 2.75) is 39.8 Å². The fraction of sp³-hybridized carbons (Fsp3) is 0.286. The molecule has 0 aliphatic heterocycles. The molecule has 0 radical (unpaired) electrons. The highest BCUT2D eigenvalue weighted by atomic mass is 19.1. The standard InChI is InChI=1S/C21H23FN2O/c1-3-4-13-24-19-8-6-5-7-18(19)15(2)20(24)21(25)23-14-16-9-11-17(22)12-10-16/h5-12H,3-4,13-14H2,1-2H3,(H,23,25). The Bertz CT molecular complexity index is 881. The van der Waals surface area contributed by atoms with Crippen LogP contribution in [0.4, 0.5) is 4.39 Å². The van der Waals surface area contributed by atoms with Gasteiger partial charge in [-0.05, 0) is 42.7 Å². The van der Waals surface area contributed by atoms with Crippen LogP contribution >= 0.6 is 0 Å². The van der Waals surface area contributed by atoms with Crippen molar-refractivity contribution < 1.29 is 9.18 Å². The van der Waals surface area contributed by atoms with E-state index in [1.165, 1.54) is 12.1 Å². The fourth-order valence-electron chi connectivity index (χ4n) is 3.19. The smallest absolute Gasteiger partial charge is 0.268 e. The number of nitrogens with one attached hydrogen (secondary N) is 1. The van der Waals surface area contributed by atoms with Crippen molar-refractivity contribution in [2.24, 2.45) is 0 Å². The summed E-state index contributed by atoms with van der Waals surface area (Å²) in [4.78, 5) is 12.9. The number of hydrogen-bond donors (Lipinski definition) is 1. The molecule has 0 saturated carbocycles. The van der Waals surface area contributed by atoms with Gasteiger partial charge in [-0.25, -0.2) is 4.39 Å². The molecule has 3 aromatic rings. The summed E-state index contributed by atoms with van der Waals surface area (Å²) in [5, 5.41) is 4.09. The molecule has 1 amide bonds. The maximum absolute atomic E-state index is 13.0.